The Morgan fingerprint density at radius 1 is 1.07 bits per heavy atom. The van der Waals surface area contributed by atoms with E-state index in [-0.39, 0.29) is 24.0 Å². The molecule has 2 N–H and O–H groups in total. The molecule has 0 aliphatic carbocycles. The standard InChI is InChI=1S/C20H17FN2O4/c1-13(24)22-15-7-8-17(21)18(11-15)23-20(25)19-14(9-10-26-19)12-27-16-5-3-2-4-6-16/h2-11H,12H2,1H3,(H,22,24)(H,23,25). The predicted octanol–water partition coefficient (Wildman–Crippen LogP) is 4.21. The summed E-state index contributed by atoms with van der Waals surface area (Å²) in [4.78, 5) is 23.6. The van der Waals surface area contributed by atoms with E-state index in [0.29, 0.717) is 17.0 Å². The number of rotatable bonds is 6. The predicted molar refractivity (Wildman–Crippen MR) is 98.1 cm³/mol. The monoisotopic (exact) mass is 368 g/mol. The molecule has 0 radical (unpaired) electrons. The van der Waals surface area contributed by atoms with Crippen molar-refractivity contribution in [1.82, 2.24) is 0 Å². The summed E-state index contributed by atoms with van der Waals surface area (Å²) in [5.74, 6) is -0.878. The molecular weight excluding hydrogens is 351 g/mol. The van der Waals surface area contributed by atoms with Crippen molar-refractivity contribution in [2.75, 3.05) is 10.6 Å². The highest BCUT2D eigenvalue weighted by molar-refractivity contribution is 6.03. The van der Waals surface area contributed by atoms with Crippen LogP contribution in [0.1, 0.15) is 23.0 Å². The third-order valence-corrected chi connectivity index (χ3v) is 3.63. The van der Waals surface area contributed by atoms with E-state index in [4.69, 9.17) is 9.15 Å². The SMILES string of the molecule is CC(=O)Nc1ccc(F)c(NC(=O)c2occc2COc2ccccc2)c1. The number of furan rings is 1. The summed E-state index contributed by atoms with van der Waals surface area (Å²) in [6, 6.07) is 14.6. The fourth-order valence-corrected chi connectivity index (χ4v) is 2.41. The first kappa shape index (κ1) is 18.2. The molecule has 0 bridgehead atoms. The zero-order valence-corrected chi connectivity index (χ0v) is 14.5. The van der Waals surface area contributed by atoms with E-state index in [0.717, 1.165) is 6.07 Å². The van der Waals surface area contributed by atoms with Crippen LogP contribution in [0.25, 0.3) is 0 Å². The van der Waals surface area contributed by atoms with Crippen LogP contribution in [0.4, 0.5) is 15.8 Å². The van der Waals surface area contributed by atoms with E-state index in [1.165, 1.54) is 25.3 Å². The highest BCUT2D eigenvalue weighted by atomic mass is 19.1. The van der Waals surface area contributed by atoms with Crippen molar-refractivity contribution in [2.45, 2.75) is 13.5 Å². The number of hydrogen-bond acceptors (Lipinski definition) is 4. The largest absolute Gasteiger partial charge is 0.489 e. The molecular formula is C20H17FN2O4. The number of para-hydroxylation sites is 1. The maximum absolute atomic E-state index is 14.0. The first-order valence-corrected chi connectivity index (χ1v) is 8.15. The molecule has 1 heterocycles. The van der Waals surface area contributed by atoms with Crippen LogP contribution in [-0.2, 0) is 11.4 Å². The molecule has 2 aromatic carbocycles. The Bertz CT molecular complexity index is 954. The minimum atomic E-state index is -0.633. The first-order valence-electron chi connectivity index (χ1n) is 8.15. The number of carbonyl (C=O) groups is 2. The zero-order chi connectivity index (χ0) is 19.2. The van der Waals surface area contributed by atoms with Gasteiger partial charge in [-0.25, -0.2) is 4.39 Å². The highest BCUT2D eigenvalue weighted by Crippen LogP contribution is 2.22. The van der Waals surface area contributed by atoms with Crippen LogP contribution >= 0.6 is 0 Å². The minimum absolute atomic E-state index is 0.0234. The van der Waals surface area contributed by atoms with Gasteiger partial charge >= 0.3 is 0 Å². The van der Waals surface area contributed by atoms with Gasteiger partial charge in [0.05, 0.1) is 12.0 Å². The molecule has 0 fully saturated rings. The number of anilines is 2. The van der Waals surface area contributed by atoms with Gasteiger partial charge in [-0.15, -0.1) is 0 Å². The summed E-state index contributed by atoms with van der Waals surface area (Å²) in [5, 5.41) is 4.98. The zero-order valence-electron chi connectivity index (χ0n) is 14.5. The molecule has 0 saturated heterocycles. The van der Waals surface area contributed by atoms with Crippen LogP contribution < -0.4 is 15.4 Å². The van der Waals surface area contributed by atoms with Crippen molar-refractivity contribution >= 4 is 23.2 Å². The summed E-state index contributed by atoms with van der Waals surface area (Å²) in [6.45, 7) is 1.46. The number of nitrogens with one attached hydrogen (secondary N) is 2. The van der Waals surface area contributed by atoms with Gasteiger partial charge in [0.1, 0.15) is 18.2 Å². The van der Waals surface area contributed by atoms with Gasteiger partial charge in [-0.3, -0.25) is 9.59 Å². The van der Waals surface area contributed by atoms with Gasteiger partial charge in [0, 0.05) is 18.2 Å². The highest BCUT2D eigenvalue weighted by Gasteiger charge is 2.18. The molecule has 6 nitrogen and oxygen atoms in total. The van der Waals surface area contributed by atoms with E-state index in [9.17, 15) is 14.0 Å². The summed E-state index contributed by atoms with van der Waals surface area (Å²) >= 11 is 0. The fraction of sp³-hybridized carbons (Fsp3) is 0.100. The van der Waals surface area contributed by atoms with Gasteiger partial charge in [0.25, 0.3) is 5.91 Å². The lowest BCUT2D eigenvalue weighted by Gasteiger charge is -2.09. The number of benzene rings is 2. The van der Waals surface area contributed by atoms with E-state index < -0.39 is 11.7 Å². The minimum Gasteiger partial charge on any atom is -0.489 e. The molecule has 0 spiro atoms. The average Bonchev–Trinajstić information content (AvgIpc) is 3.12. The van der Waals surface area contributed by atoms with Gasteiger partial charge in [-0.05, 0) is 36.4 Å². The molecule has 0 atom stereocenters. The average molecular weight is 368 g/mol. The summed E-state index contributed by atoms with van der Waals surface area (Å²) in [6.07, 6.45) is 1.36. The van der Waals surface area contributed by atoms with E-state index in [2.05, 4.69) is 10.6 Å². The Morgan fingerprint density at radius 3 is 2.59 bits per heavy atom. The van der Waals surface area contributed by atoms with Crippen molar-refractivity contribution in [1.29, 1.82) is 0 Å². The second-order valence-electron chi connectivity index (χ2n) is 5.71. The number of amides is 2. The van der Waals surface area contributed by atoms with Crippen molar-refractivity contribution in [3.63, 3.8) is 0 Å². The van der Waals surface area contributed by atoms with Crippen LogP contribution in [-0.4, -0.2) is 11.8 Å². The van der Waals surface area contributed by atoms with Crippen LogP contribution in [0.5, 0.6) is 5.75 Å². The van der Waals surface area contributed by atoms with E-state index in [1.54, 1.807) is 18.2 Å². The van der Waals surface area contributed by atoms with Crippen LogP contribution in [0.2, 0.25) is 0 Å². The number of halogens is 1. The normalized spacial score (nSPS) is 10.3. The smallest absolute Gasteiger partial charge is 0.291 e. The molecule has 2 amide bonds. The molecule has 3 aromatic rings. The van der Waals surface area contributed by atoms with Gasteiger partial charge in [-0.2, -0.15) is 0 Å². The molecule has 1 aromatic heterocycles. The lowest BCUT2D eigenvalue weighted by Crippen LogP contribution is -2.15. The van der Waals surface area contributed by atoms with E-state index in [1.807, 2.05) is 18.2 Å². The molecule has 0 unspecified atom stereocenters. The Hall–Kier alpha value is -3.61. The lowest BCUT2D eigenvalue weighted by molar-refractivity contribution is -0.114. The van der Waals surface area contributed by atoms with Crippen molar-refractivity contribution in [3.05, 3.63) is 78.0 Å². The Kier molecular flexibility index (Phi) is 5.51. The number of carbonyl (C=O) groups excluding carboxylic acids is 2. The topological polar surface area (TPSA) is 80.6 Å². The van der Waals surface area contributed by atoms with Crippen molar-refractivity contribution in [3.8, 4) is 5.75 Å². The summed E-state index contributed by atoms with van der Waals surface area (Å²) in [5.41, 5.74) is 0.818. The second-order valence-corrected chi connectivity index (χ2v) is 5.71. The Balaban J connectivity index is 1.72. The Labute approximate surface area is 155 Å². The van der Waals surface area contributed by atoms with Gasteiger partial charge in [0.2, 0.25) is 5.91 Å². The molecule has 138 valence electrons. The number of ether oxygens (including phenoxy) is 1. The molecule has 7 heteroatoms. The van der Waals surface area contributed by atoms with Gasteiger partial charge < -0.3 is 19.8 Å². The van der Waals surface area contributed by atoms with Gasteiger partial charge in [0.15, 0.2) is 5.76 Å². The van der Waals surface area contributed by atoms with E-state index >= 15 is 0 Å². The molecule has 27 heavy (non-hydrogen) atoms. The maximum Gasteiger partial charge on any atom is 0.291 e. The van der Waals surface area contributed by atoms with Crippen LogP contribution in [0.15, 0.2) is 65.3 Å². The second kappa shape index (κ2) is 8.18. The fourth-order valence-electron chi connectivity index (χ4n) is 2.41. The number of hydrogen-bond donors (Lipinski definition) is 2. The molecule has 0 aliphatic heterocycles. The van der Waals surface area contributed by atoms with Crippen LogP contribution in [0, 0.1) is 5.82 Å². The quantitative estimate of drug-likeness (QED) is 0.683. The van der Waals surface area contributed by atoms with Crippen molar-refractivity contribution in [2.24, 2.45) is 0 Å². The summed E-state index contributed by atoms with van der Waals surface area (Å²) < 4.78 is 24.9. The molecule has 0 saturated carbocycles. The lowest BCUT2D eigenvalue weighted by atomic mass is 10.2. The third kappa shape index (κ3) is 4.72. The molecule has 3 rings (SSSR count). The Morgan fingerprint density at radius 2 is 1.85 bits per heavy atom. The summed E-state index contributed by atoms with van der Waals surface area (Å²) in [7, 11) is 0. The maximum atomic E-state index is 14.0. The first-order chi connectivity index (χ1) is 13.0. The van der Waals surface area contributed by atoms with Crippen LogP contribution in [0.3, 0.4) is 0 Å². The van der Waals surface area contributed by atoms with Crippen molar-refractivity contribution < 1.29 is 23.1 Å². The van der Waals surface area contributed by atoms with Gasteiger partial charge in [-0.1, -0.05) is 18.2 Å². The molecule has 0 aliphatic rings. The third-order valence-electron chi connectivity index (χ3n) is 3.63.